The summed E-state index contributed by atoms with van der Waals surface area (Å²) in [5.41, 5.74) is 1.03. The van der Waals surface area contributed by atoms with Gasteiger partial charge in [0.2, 0.25) is 5.91 Å². The molecule has 128 valence electrons. The van der Waals surface area contributed by atoms with E-state index in [1.165, 1.54) is 0 Å². The van der Waals surface area contributed by atoms with E-state index in [-0.39, 0.29) is 36.9 Å². The van der Waals surface area contributed by atoms with Gasteiger partial charge in [0.15, 0.2) is 6.61 Å². The summed E-state index contributed by atoms with van der Waals surface area (Å²) in [6.07, 6.45) is 2.12. The van der Waals surface area contributed by atoms with Gasteiger partial charge < -0.3 is 15.0 Å². The summed E-state index contributed by atoms with van der Waals surface area (Å²) in [6.45, 7) is 2.01. The van der Waals surface area contributed by atoms with Crippen molar-refractivity contribution in [2.45, 2.75) is 38.3 Å². The molecule has 0 radical (unpaired) electrons. The third-order valence-electron chi connectivity index (χ3n) is 4.53. The van der Waals surface area contributed by atoms with E-state index in [1.807, 2.05) is 37.3 Å². The zero-order valence-corrected chi connectivity index (χ0v) is 13.7. The molecule has 1 N–H and O–H groups in total. The second kappa shape index (κ2) is 7.03. The van der Waals surface area contributed by atoms with Crippen molar-refractivity contribution in [2.75, 3.05) is 13.2 Å². The second-order valence-corrected chi connectivity index (χ2v) is 6.48. The first kappa shape index (κ1) is 16.5. The molecular formula is C18H22N2O4. The molecule has 6 nitrogen and oxygen atoms in total. The Morgan fingerprint density at radius 1 is 1.29 bits per heavy atom. The van der Waals surface area contributed by atoms with Gasteiger partial charge in [-0.1, -0.05) is 30.3 Å². The zero-order chi connectivity index (χ0) is 17.1. The molecule has 2 aliphatic rings. The van der Waals surface area contributed by atoms with Crippen molar-refractivity contribution in [3.8, 4) is 0 Å². The Hall–Kier alpha value is -2.37. The van der Waals surface area contributed by atoms with Crippen LogP contribution in [-0.2, 0) is 19.1 Å². The van der Waals surface area contributed by atoms with Gasteiger partial charge in [0.05, 0.1) is 12.0 Å². The van der Waals surface area contributed by atoms with Crippen LogP contribution in [-0.4, -0.2) is 41.9 Å². The van der Waals surface area contributed by atoms with Crippen LogP contribution in [0.15, 0.2) is 30.3 Å². The number of hydrogen-bond acceptors (Lipinski definition) is 4. The van der Waals surface area contributed by atoms with Crippen molar-refractivity contribution in [3.63, 3.8) is 0 Å². The van der Waals surface area contributed by atoms with E-state index >= 15 is 0 Å². The second-order valence-electron chi connectivity index (χ2n) is 6.48. The van der Waals surface area contributed by atoms with Crippen LogP contribution in [0.3, 0.4) is 0 Å². The molecule has 2 atom stereocenters. The lowest BCUT2D eigenvalue weighted by atomic mass is 10.1. The van der Waals surface area contributed by atoms with Crippen LogP contribution in [0.1, 0.15) is 37.8 Å². The Labute approximate surface area is 141 Å². The molecule has 1 aromatic rings. The quantitative estimate of drug-likeness (QED) is 0.801. The number of esters is 1. The number of likely N-dealkylation sites (tertiary alicyclic amines) is 1. The largest absolute Gasteiger partial charge is 0.455 e. The third-order valence-corrected chi connectivity index (χ3v) is 4.53. The number of amides is 2. The van der Waals surface area contributed by atoms with Crippen molar-refractivity contribution in [3.05, 3.63) is 35.9 Å². The average molecular weight is 330 g/mol. The van der Waals surface area contributed by atoms with Crippen LogP contribution in [0.4, 0.5) is 0 Å². The first-order chi connectivity index (χ1) is 11.5. The minimum atomic E-state index is -0.502. The van der Waals surface area contributed by atoms with Gasteiger partial charge in [-0.05, 0) is 25.3 Å². The smallest absolute Gasteiger partial charge is 0.311 e. The zero-order valence-electron chi connectivity index (χ0n) is 13.7. The Morgan fingerprint density at radius 2 is 2.00 bits per heavy atom. The number of hydrogen-bond donors (Lipinski definition) is 1. The molecule has 24 heavy (non-hydrogen) atoms. The molecule has 1 aromatic carbocycles. The minimum absolute atomic E-state index is 0.0595. The number of carbonyl (C=O) groups excluding carboxylic acids is 3. The van der Waals surface area contributed by atoms with Crippen molar-refractivity contribution in [1.29, 1.82) is 0 Å². The minimum Gasteiger partial charge on any atom is -0.455 e. The van der Waals surface area contributed by atoms with E-state index in [0.29, 0.717) is 6.54 Å². The molecular weight excluding hydrogens is 308 g/mol. The fourth-order valence-electron chi connectivity index (χ4n) is 2.93. The highest BCUT2D eigenvalue weighted by molar-refractivity contribution is 5.88. The maximum Gasteiger partial charge on any atom is 0.311 e. The van der Waals surface area contributed by atoms with Gasteiger partial charge in [0.1, 0.15) is 0 Å². The lowest BCUT2D eigenvalue weighted by Crippen LogP contribution is -2.32. The van der Waals surface area contributed by atoms with Crippen LogP contribution in [0, 0.1) is 5.92 Å². The van der Waals surface area contributed by atoms with E-state index in [0.717, 1.165) is 18.4 Å². The van der Waals surface area contributed by atoms with Crippen LogP contribution < -0.4 is 5.32 Å². The summed E-state index contributed by atoms with van der Waals surface area (Å²) in [5, 5.41) is 2.76. The molecule has 0 aromatic heterocycles. The SMILES string of the molecule is C[C@@H](c1ccccc1)N1C[C@H](C(=O)OCC(=O)NC2CC2)CC1=O. The maximum absolute atomic E-state index is 12.2. The lowest BCUT2D eigenvalue weighted by Gasteiger charge is -2.25. The highest BCUT2D eigenvalue weighted by Gasteiger charge is 2.38. The van der Waals surface area contributed by atoms with Crippen molar-refractivity contribution >= 4 is 17.8 Å². The topological polar surface area (TPSA) is 75.7 Å². The molecule has 0 bridgehead atoms. The van der Waals surface area contributed by atoms with Crippen LogP contribution in [0.2, 0.25) is 0 Å². The van der Waals surface area contributed by atoms with E-state index in [2.05, 4.69) is 5.32 Å². The highest BCUT2D eigenvalue weighted by atomic mass is 16.5. The molecule has 2 amide bonds. The normalized spacial score (nSPS) is 21.5. The molecule has 1 saturated carbocycles. The number of carbonyl (C=O) groups is 3. The standard InChI is InChI=1S/C18H22N2O4/c1-12(13-5-3-2-4-6-13)20-10-14(9-17(20)22)18(23)24-11-16(21)19-15-7-8-15/h2-6,12,14-15H,7-11H2,1H3,(H,19,21)/t12-,14+/m0/s1. The predicted molar refractivity (Wildman–Crippen MR) is 86.8 cm³/mol. The molecule has 1 aliphatic heterocycles. The Balaban J connectivity index is 1.51. The van der Waals surface area contributed by atoms with Crippen molar-refractivity contribution in [1.82, 2.24) is 10.2 Å². The van der Waals surface area contributed by atoms with E-state index in [4.69, 9.17) is 4.74 Å². The molecule has 2 fully saturated rings. The van der Waals surface area contributed by atoms with Crippen LogP contribution >= 0.6 is 0 Å². The van der Waals surface area contributed by atoms with E-state index in [9.17, 15) is 14.4 Å². The molecule has 1 heterocycles. The highest BCUT2D eigenvalue weighted by Crippen LogP contribution is 2.29. The van der Waals surface area contributed by atoms with E-state index < -0.39 is 11.9 Å². The predicted octanol–water partition coefficient (Wildman–Crippen LogP) is 1.42. The number of nitrogens with one attached hydrogen (secondary N) is 1. The van der Waals surface area contributed by atoms with Crippen molar-refractivity contribution in [2.24, 2.45) is 5.92 Å². The van der Waals surface area contributed by atoms with Gasteiger partial charge in [0.25, 0.3) is 5.91 Å². The lowest BCUT2D eigenvalue weighted by molar-refractivity contribution is -0.152. The Morgan fingerprint density at radius 3 is 2.67 bits per heavy atom. The van der Waals surface area contributed by atoms with Gasteiger partial charge in [-0.15, -0.1) is 0 Å². The summed E-state index contributed by atoms with van der Waals surface area (Å²) in [4.78, 5) is 37.6. The van der Waals surface area contributed by atoms with Gasteiger partial charge in [-0.25, -0.2) is 0 Å². The van der Waals surface area contributed by atoms with Crippen LogP contribution in [0.5, 0.6) is 0 Å². The number of benzene rings is 1. The first-order valence-electron chi connectivity index (χ1n) is 8.35. The number of rotatable bonds is 6. The number of ether oxygens (including phenoxy) is 1. The molecule has 0 unspecified atom stereocenters. The van der Waals surface area contributed by atoms with Crippen molar-refractivity contribution < 1.29 is 19.1 Å². The summed E-state index contributed by atoms with van der Waals surface area (Å²) >= 11 is 0. The molecule has 3 rings (SSSR count). The van der Waals surface area contributed by atoms with Gasteiger partial charge in [-0.3, -0.25) is 14.4 Å². The summed E-state index contributed by atoms with van der Waals surface area (Å²) < 4.78 is 5.07. The summed E-state index contributed by atoms with van der Waals surface area (Å²) in [5.74, 6) is -1.31. The fourth-order valence-corrected chi connectivity index (χ4v) is 2.93. The summed E-state index contributed by atoms with van der Waals surface area (Å²) in [6, 6.07) is 9.86. The fraction of sp³-hybridized carbons (Fsp3) is 0.500. The van der Waals surface area contributed by atoms with Crippen LogP contribution in [0.25, 0.3) is 0 Å². The van der Waals surface area contributed by atoms with Gasteiger partial charge in [0, 0.05) is 19.0 Å². The molecule has 0 spiro atoms. The molecule has 1 saturated heterocycles. The molecule has 1 aliphatic carbocycles. The Kier molecular flexibility index (Phi) is 4.83. The van der Waals surface area contributed by atoms with Gasteiger partial charge >= 0.3 is 5.97 Å². The van der Waals surface area contributed by atoms with E-state index in [1.54, 1.807) is 4.90 Å². The average Bonchev–Trinajstić information content (AvgIpc) is 3.31. The first-order valence-corrected chi connectivity index (χ1v) is 8.35. The maximum atomic E-state index is 12.2. The van der Waals surface area contributed by atoms with Gasteiger partial charge in [-0.2, -0.15) is 0 Å². The monoisotopic (exact) mass is 330 g/mol. The number of nitrogens with zero attached hydrogens (tertiary/aromatic N) is 1. The third kappa shape index (κ3) is 3.93. The Bertz CT molecular complexity index is 627. The molecule has 6 heteroatoms. The summed E-state index contributed by atoms with van der Waals surface area (Å²) in [7, 11) is 0.